The minimum absolute atomic E-state index is 0.212. The molecule has 0 saturated carbocycles. The quantitative estimate of drug-likeness (QED) is 0.852. The van der Waals surface area contributed by atoms with Gasteiger partial charge >= 0.3 is 0 Å². The van der Waals surface area contributed by atoms with Crippen molar-refractivity contribution in [3.05, 3.63) is 48.0 Å². The second-order valence-electron chi connectivity index (χ2n) is 3.85. The monoisotopic (exact) mass is 224 g/mol. The predicted octanol–water partition coefficient (Wildman–Crippen LogP) is 2.48. The van der Waals surface area contributed by atoms with Crippen molar-refractivity contribution in [1.82, 2.24) is 5.32 Å². The Morgan fingerprint density at radius 1 is 1.24 bits per heavy atom. The van der Waals surface area contributed by atoms with Crippen molar-refractivity contribution in [3.63, 3.8) is 0 Å². The first kappa shape index (κ1) is 11.2. The Kier molecular flexibility index (Phi) is 3.06. The largest absolute Gasteiger partial charge is 0.337 e. The molecule has 1 atom stereocenters. The van der Waals surface area contributed by atoms with Crippen molar-refractivity contribution in [2.24, 2.45) is 0 Å². The average Bonchev–Trinajstić information content (AvgIpc) is 2.37. The lowest BCUT2D eigenvalue weighted by atomic mass is 10.0. The van der Waals surface area contributed by atoms with Crippen LogP contribution >= 0.6 is 0 Å². The maximum atomic E-state index is 12.0. The minimum Gasteiger partial charge on any atom is -0.337 e. The van der Waals surface area contributed by atoms with E-state index in [-0.39, 0.29) is 5.91 Å². The zero-order valence-electron chi connectivity index (χ0n) is 9.47. The summed E-state index contributed by atoms with van der Waals surface area (Å²) in [5.41, 5.74) is 0.602. The molecule has 3 heteroatoms. The van der Waals surface area contributed by atoms with Gasteiger partial charge in [0.25, 0.3) is 5.91 Å². The first-order chi connectivity index (χ1) is 8.22. The van der Waals surface area contributed by atoms with Gasteiger partial charge in [-0.05, 0) is 23.8 Å². The van der Waals surface area contributed by atoms with Crippen LogP contribution in [0.1, 0.15) is 17.3 Å². The van der Waals surface area contributed by atoms with Crippen molar-refractivity contribution in [2.45, 2.75) is 13.0 Å². The Morgan fingerprint density at radius 3 is 2.71 bits per heavy atom. The predicted molar refractivity (Wildman–Crippen MR) is 66.5 cm³/mol. The lowest BCUT2D eigenvalue weighted by Crippen LogP contribution is -2.31. The standard InChI is InChI=1S/C14H12N2O/c1-10(9-15)16-14(17)13-8-4-6-11-5-2-3-7-12(11)13/h2-8,10H,1H3,(H,16,17). The third-order valence-corrected chi connectivity index (χ3v) is 2.58. The number of nitriles is 1. The van der Waals surface area contributed by atoms with E-state index in [4.69, 9.17) is 5.26 Å². The summed E-state index contributed by atoms with van der Waals surface area (Å²) in [6.07, 6.45) is 0. The Morgan fingerprint density at radius 2 is 1.94 bits per heavy atom. The molecule has 1 amide bonds. The number of carbonyl (C=O) groups is 1. The van der Waals surface area contributed by atoms with E-state index >= 15 is 0 Å². The molecule has 0 aliphatic rings. The number of fused-ring (bicyclic) bond motifs is 1. The van der Waals surface area contributed by atoms with Crippen molar-refractivity contribution in [2.75, 3.05) is 0 Å². The number of benzene rings is 2. The highest BCUT2D eigenvalue weighted by molar-refractivity contribution is 6.07. The summed E-state index contributed by atoms with van der Waals surface area (Å²) in [5, 5.41) is 13.2. The molecule has 2 aromatic carbocycles. The summed E-state index contributed by atoms with van der Waals surface area (Å²) >= 11 is 0. The lowest BCUT2D eigenvalue weighted by Gasteiger charge is -2.08. The summed E-state index contributed by atoms with van der Waals surface area (Å²) in [6.45, 7) is 1.66. The molecular formula is C14H12N2O. The van der Waals surface area contributed by atoms with E-state index in [0.717, 1.165) is 10.8 Å². The fraction of sp³-hybridized carbons (Fsp3) is 0.143. The van der Waals surface area contributed by atoms with E-state index in [9.17, 15) is 4.79 Å². The van der Waals surface area contributed by atoms with Gasteiger partial charge in [-0.2, -0.15) is 5.26 Å². The second kappa shape index (κ2) is 4.67. The van der Waals surface area contributed by atoms with E-state index in [0.29, 0.717) is 5.56 Å². The van der Waals surface area contributed by atoms with Gasteiger partial charge in [-0.15, -0.1) is 0 Å². The maximum Gasteiger partial charge on any atom is 0.252 e. The van der Waals surface area contributed by atoms with Crippen LogP contribution in [0.5, 0.6) is 0 Å². The molecule has 0 bridgehead atoms. The van der Waals surface area contributed by atoms with Gasteiger partial charge in [0.2, 0.25) is 0 Å². The van der Waals surface area contributed by atoms with Crippen LogP contribution in [0.25, 0.3) is 10.8 Å². The highest BCUT2D eigenvalue weighted by atomic mass is 16.1. The molecule has 1 unspecified atom stereocenters. The first-order valence-corrected chi connectivity index (χ1v) is 5.40. The molecule has 17 heavy (non-hydrogen) atoms. The molecule has 0 aliphatic carbocycles. The van der Waals surface area contributed by atoms with Crippen molar-refractivity contribution < 1.29 is 4.79 Å². The molecule has 3 nitrogen and oxygen atoms in total. The van der Waals surface area contributed by atoms with Crippen LogP contribution in [0.15, 0.2) is 42.5 Å². The van der Waals surface area contributed by atoms with Crippen LogP contribution in [0, 0.1) is 11.3 Å². The molecule has 0 saturated heterocycles. The molecule has 0 radical (unpaired) electrons. The molecule has 1 N–H and O–H groups in total. The van der Waals surface area contributed by atoms with Crippen LogP contribution in [0.2, 0.25) is 0 Å². The number of hydrogen-bond donors (Lipinski definition) is 1. The van der Waals surface area contributed by atoms with E-state index in [1.165, 1.54) is 0 Å². The SMILES string of the molecule is CC(C#N)NC(=O)c1cccc2ccccc12. The maximum absolute atomic E-state index is 12.0. The van der Waals surface area contributed by atoms with Crippen LogP contribution < -0.4 is 5.32 Å². The Hall–Kier alpha value is -2.34. The topological polar surface area (TPSA) is 52.9 Å². The molecule has 84 valence electrons. The normalized spacial score (nSPS) is 11.8. The fourth-order valence-electron chi connectivity index (χ4n) is 1.73. The number of nitrogens with zero attached hydrogens (tertiary/aromatic N) is 1. The van der Waals surface area contributed by atoms with Crippen LogP contribution in [-0.2, 0) is 0 Å². The van der Waals surface area contributed by atoms with Crippen LogP contribution in [-0.4, -0.2) is 11.9 Å². The third kappa shape index (κ3) is 2.26. The lowest BCUT2D eigenvalue weighted by molar-refractivity contribution is 0.0949. The molecule has 2 aromatic rings. The van der Waals surface area contributed by atoms with E-state index in [2.05, 4.69) is 5.32 Å². The number of carbonyl (C=O) groups excluding carboxylic acids is 1. The summed E-state index contributed by atoms with van der Waals surface area (Å²) in [4.78, 5) is 12.0. The Balaban J connectivity index is 2.42. The smallest absolute Gasteiger partial charge is 0.252 e. The van der Waals surface area contributed by atoms with Gasteiger partial charge in [-0.1, -0.05) is 36.4 Å². The van der Waals surface area contributed by atoms with Crippen molar-refractivity contribution in [1.29, 1.82) is 5.26 Å². The average molecular weight is 224 g/mol. The molecule has 0 aromatic heterocycles. The highest BCUT2D eigenvalue weighted by Gasteiger charge is 2.11. The van der Waals surface area contributed by atoms with Crippen molar-refractivity contribution in [3.8, 4) is 6.07 Å². The molecule has 0 heterocycles. The fourth-order valence-corrected chi connectivity index (χ4v) is 1.73. The van der Waals surface area contributed by atoms with Crippen LogP contribution in [0.3, 0.4) is 0 Å². The Labute approximate surface area is 99.7 Å². The van der Waals surface area contributed by atoms with E-state index in [1.807, 2.05) is 42.5 Å². The number of hydrogen-bond acceptors (Lipinski definition) is 2. The molecule has 0 aliphatic heterocycles. The van der Waals surface area contributed by atoms with Gasteiger partial charge in [0.15, 0.2) is 0 Å². The molecule has 0 fully saturated rings. The van der Waals surface area contributed by atoms with Crippen molar-refractivity contribution >= 4 is 16.7 Å². The summed E-state index contributed by atoms with van der Waals surface area (Å²) in [6, 6.07) is 14.8. The van der Waals surface area contributed by atoms with Gasteiger partial charge in [-0.3, -0.25) is 4.79 Å². The summed E-state index contributed by atoms with van der Waals surface area (Å²) in [5.74, 6) is -0.212. The minimum atomic E-state index is -0.485. The van der Waals surface area contributed by atoms with Crippen LogP contribution in [0.4, 0.5) is 0 Å². The Bertz CT molecular complexity index is 593. The second-order valence-corrected chi connectivity index (χ2v) is 3.85. The van der Waals surface area contributed by atoms with E-state index < -0.39 is 6.04 Å². The first-order valence-electron chi connectivity index (χ1n) is 5.40. The summed E-state index contributed by atoms with van der Waals surface area (Å²) < 4.78 is 0. The highest BCUT2D eigenvalue weighted by Crippen LogP contribution is 2.18. The zero-order valence-corrected chi connectivity index (χ0v) is 9.47. The molecular weight excluding hydrogens is 212 g/mol. The zero-order chi connectivity index (χ0) is 12.3. The number of nitrogens with one attached hydrogen (secondary N) is 1. The molecule has 0 spiro atoms. The van der Waals surface area contributed by atoms with Gasteiger partial charge in [0.1, 0.15) is 6.04 Å². The number of rotatable bonds is 2. The third-order valence-electron chi connectivity index (χ3n) is 2.58. The van der Waals surface area contributed by atoms with Gasteiger partial charge < -0.3 is 5.32 Å². The number of amides is 1. The summed E-state index contributed by atoms with van der Waals surface area (Å²) in [7, 11) is 0. The van der Waals surface area contributed by atoms with Gasteiger partial charge in [0.05, 0.1) is 6.07 Å². The van der Waals surface area contributed by atoms with E-state index in [1.54, 1.807) is 13.0 Å². The van der Waals surface area contributed by atoms with Gasteiger partial charge in [0, 0.05) is 5.56 Å². The molecule has 2 rings (SSSR count). The van der Waals surface area contributed by atoms with Gasteiger partial charge in [-0.25, -0.2) is 0 Å².